The van der Waals surface area contributed by atoms with Crippen LogP contribution >= 0.6 is 0 Å². The first-order valence-corrected chi connectivity index (χ1v) is 5.01. The summed E-state index contributed by atoms with van der Waals surface area (Å²) in [6.45, 7) is 5.30. The predicted molar refractivity (Wildman–Crippen MR) is 49.1 cm³/mol. The average Bonchev–Trinajstić information content (AvgIpc) is 2.18. The van der Waals surface area contributed by atoms with Crippen molar-refractivity contribution >= 4 is 0 Å². The lowest BCUT2D eigenvalue weighted by atomic mass is 9.86. The number of ether oxygens (including phenoxy) is 1. The van der Waals surface area contributed by atoms with Gasteiger partial charge in [-0.15, -0.1) is 0 Å². The molecule has 0 aliphatic carbocycles. The first kappa shape index (κ1) is 10.0. The number of rotatable bonds is 3. The molecule has 1 heterocycles. The third kappa shape index (κ3) is 1.99. The van der Waals surface area contributed by atoms with Crippen LogP contribution in [0.4, 0.5) is 0 Å². The third-order valence-corrected chi connectivity index (χ3v) is 3.14. The van der Waals surface area contributed by atoms with E-state index in [1.54, 1.807) is 0 Å². The minimum Gasteiger partial charge on any atom is -0.393 e. The van der Waals surface area contributed by atoms with Gasteiger partial charge in [0.25, 0.3) is 0 Å². The molecule has 1 rings (SSSR count). The Bertz CT molecular complexity index is 120. The van der Waals surface area contributed by atoms with Gasteiger partial charge in [-0.25, -0.2) is 0 Å². The minimum absolute atomic E-state index is 0.180. The minimum atomic E-state index is -0.203. The molecule has 0 aromatic carbocycles. The van der Waals surface area contributed by atoms with Crippen LogP contribution in [0.15, 0.2) is 0 Å². The van der Waals surface area contributed by atoms with Gasteiger partial charge >= 0.3 is 0 Å². The third-order valence-electron chi connectivity index (χ3n) is 3.14. The Morgan fingerprint density at radius 3 is 2.58 bits per heavy atom. The van der Waals surface area contributed by atoms with Gasteiger partial charge in [-0.3, -0.25) is 0 Å². The van der Waals surface area contributed by atoms with Crippen molar-refractivity contribution in [3.63, 3.8) is 0 Å². The van der Waals surface area contributed by atoms with Crippen LogP contribution in [0.3, 0.4) is 0 Å². The second-order valence-electron chi connectivity index (χ2n) is 3.82. The molecule has 0 aromatic rings. The van der Waals surface area contributed by atoms with E-state index in [2.05, 4.69) is 13.8 Å². The van der Waals surface area contributed by atoms with E-state index in [4.69, 9.17) is 4.74 Å². The molecule has 0 bridgehead atoms. The molecule has 0 aromatic heterocycles. The van der Waals surface area contributed by atoms with Gasteiger partial charge in [-0.05, 0) is 25.2 Å². The van der Waals surface area contributed by atoms with E-state index >= 15 is 0 Å². The standard InChI is InChI=1S/C10H20O2/c1-3-9-5-6-10(4-2,8-11)12-7-9/h9,11H,3-8H2,1-2H3. The summed E-state index contributed by atoms with van der Waals surface area (Å²) in [5.41, 5.74) is -0.203. The molecule has 72 valence electrons. The molecule has 2 nitrogen and oxygen atoms in total. The molecule has 0 saturated carbocycles. The Balaban J connectivity index is 2.42. The molecule has 2 atom stereocenters. The van der Waals surface area contributed by atoms with Crippen LogP contribution in [-0.4, -0.2) is 23.9 Å². The summed E-state index contributed by atoms with van der Waals surface area (Å²) >= 11 is 0. The monoisotopic (exact) mass is 172 g/mol. The lowest BCUT2D eigenvalue weighted by Gasteiger charge is -2.38. The van der Waals surface area contributed by atoms with E-state index < -0.39 is 0 Å². The van der Waals surface area contributed by atoms with Crippen LogP contribution < -0.4 is 0 Å². The fourth-order valence-corrected chi connectivity index (χ4v) is 1.75. The predicted octanol–water partition coefficient (Wildman–Crippen LogP) is 1.96. The van der Waals surface area contributed by atoms with Crippen molar-refractivity contribution in [2.45, 2.75) is 45.1 Å². The van der Waals surface area contributed by atoms with Gasteiger partial charge in [0.15, 0.2) is 0 Å². The van der Waals surface area contributed by atoms with E-state index in [9.17, 15) is 5.11 Å². The Hall–Kier alpha value is -0.0800. The zero-order chi connectivity index (χ0) is 9.03. The van der Waals surface area contributed by atoms with Gasteiger partial charge in [-0.2, -0.15) is 0 Å². The van der Waals surface area contributed by atoms with Crippen molar-refractivity contribution in [1.82, 2.24) is 0 Å². The van der Waals surface area contributed by atoms with E-state index in [1.165, 1.54) is 12.8 Å². The highest BCUT2D eigenvalue weighted by atomic mass is 16.5. The van der Waals surface area contributed by atoms with E-state index in [1.807, 2.05) is 0 Å². The van der Waals surface area contributed by atoms with Crippen LogP contribution in [0.1, 0.15) is 39.5 Å². The number of aliphatic hydroxyl groups is 1. The molecule has 1 N–H and O–H groups in total. The smallest absolute Gasteiger partial charge is 0.0909 e. The van der Waals surface area contributed by atoms with Crippen molar-refractivity contribution in [2.24, 2.45) is 5.92 Å². The highest BCUT2D eigenvalue weighted by Gasteiger charge is 2.33. The fraction of sp³-hybridized carbons (Fsp3) is 1.00. The highest BCUT2D eigenvalue weighted by Crippen LogP contribution is 2.31. The Kier molecular flexibility index (Phi) is 3.53. The van der Waals surface area contributed by atoms with Crippen LogP contribution in [-0.2, 0) is 4.74 Å². The molecule has 1 fully saturated rings. The molecule has 0 amide bonds. The SMILES string of the molecule is CCC1CCC(CC)(CO)OC1. The maximum Gasteiger partial charge on any atom is 0.0909 e. The zero-order valence-corrected chi connectivity index (χ0v) is 8.18. The first-order valence-electron chi connectivity index (χ1n) is 5.01. The van der Waals surface area contributed by atoms with Gasteiger partial charge in [0.2, 0.25) is 0 Å². The maximum atomic E-state index is 9.18. The quantitative estimate of drug-likeness (QED) is 0.705. The van der Waals surface area contributed by atoms with Crippen molar-refractivity contribution in [3.8, 4) is 0 Å². The lowest BCUT2D eigenvalue weighted by Crippen LogP contribution is -2.41. The van der Waals surface area contributed by atoms with E-state index in [0.717, 1.165) is 25.4 Å². The Morgan fingerprint density at radius 1 is 1.50 bits per heavy atom. The molecule has 2 unspecified atom stereocenters. The van der Waals surface area contributed by atoms with Crippen LogP contribution in [0.5, 0.6) is 0 Å². The van der Waals surface area contributed by atoms with Crippen molar-refractivity contribution in [1.29, 1.82) is 0 Å². The van der Waals surface area contributed by atoms with Gasteiger partial charge < -0.3 is 9.84 Å². The number of hydrogen-bond acceptors (Lipinski definition) is 2. The van der Waals surface area contributed by atoms with E-state index in [-0.39, 0.29) is 12.2 Å². The summed E-state index contributed by atoms with van der Waals surface area (Å²) in [7, 11) is 0. The molecule has 1 saturated heterocycles. The highest BCUT2D eigenvalue weighted by molar-refractivity contribution is 4.83. The summed E-state index contributed by atoms with van der Waals surface area (Å²) in [6, 6.07) is 0. The number of hydrogen-bond donors (Lipinski definition) is 1. The summed E-state index contributed by atoms with van der Waals surface area (Å²) in [4.78, 5) is 0. The van der Waals surface area contributed by atoms with Crippen LogP contribution in [0.2, 0.25) is 0 Å². The Labute approximate surface area is 74.9 Å². The largest absolute Gasteiger partial charge is 0.393 e. The van der Waals surface area contributed by atoms with E-state index in [0.29, 0.717) is 0 Å². The second kappa shape index (κ2) is 4.24. The molecular weight excluding hydrogens is 152 g/mol. The summed E-state index contributed by atoms with van der Waals surface area (Å²) < 4.78 is 5.72. The number of aliphatic hydroxyl groups excluding tert-OH is 1. The fourth-order valence-electron chi connectivity index (χ4n) is 1.75. The van der Waals surface area contributed by atoms with Gasteiger partial charge in [0.05, 0.1) is 18.8 Å². The first-order chi connectivity index (χ1) is 5.76. The molecular formula is C10H20O2. The average molecular weight is 172 g/mol. The molecule has 2 heteroatoms. The Morgan fingerprint density at radius 2 is 2.25 bits per heavy atom. The topological polar surface area (TPSA) is 29.5 Å². The van der Waals surface area contributed by atoms with Crippen molar-refractivity contribution in [3.05, 3.63) is 0 Å². The van der Waals surface area contributed by atoms with Crippen molar-refractivity contribution in [2.75, 3.05) is 13.2 Å². The maximum absolute atomic E-state index is 9.18. The van der Waals surface area contributed by atoms with Gasteiger partial charge in [-0.1, -0.05) is 20.3 Å². The van der Waals surface area contributed by atoms with Gasteiger partial charge in [0.1, 0.15) is 0 Å². The summed E-state index contributed by atoms with van der Waals surface area (Å²) in [5.74, 6) is 0.719. The summed E-state index contributed by atoms with van der Waals surface area (Å²) in [5, 5.41) is 9.18. The lowest BCUT2D eigenvalue weighted by molar-refractivity contribution is -0.128. The molecule has 0 spiro atoms. The van der Waals surface area contributed by atoms with Crippen LogP contribution in [0, 0.1) is 5.92 Å². The second-order valence-corrected chi connectivity index (χ2v) is 3.82. The molecule has 12 heavy (non-hydrogen) atoms. The zero-order valence-electron chi connectivity index (χ0n) is 8.18. The molecule has 1 aliphatic heterocycles. The van der Waals surface area contributed by atoms with Crippen molar-refractivity contribution < 1.29 is 9.84 Å². The molecule has 0 radical (unpaired) electrons. The van der Waals surface area contributed by atoms with Gasteiger partial charge in [0, 0.05) is 0 Å². The molecule has 1 aliphatic rings. The summed E-state index contributed by atoms with van der Waals surface area (Å²) in [6.07, 6.45) is 4.37. The van der Waals surface area contributed by atoms with Crippen LogP contribution in [0.25, 0.3) is 0 Å². The normalized spacial score (nSPS) is 36.8.